The van der Waals surface area contributed by atoms with Crippen LogP contribution in [0.5, 0.6) is 0 Å². The molecule has 1 amide bonds. The van der Waals surface area contributed by atoms with Crippen LogP contribution < -0.4 is 5.32 Å². The van der Waals surface area contributed by atoms with Crippen LogP contribution in [0.2, 0.25) is 5.02 Å². The topological polar surface area (TPSA) is 75.6 Å². The zero-order chi connectivity index (χ0) is 15.4. The first-order chi connectivity index (χ1) is 9.97. The second kappa shape index (κ2) is 6.91. The van der Waals surface area contributed by atoms with Crippen LogP contribution >= 0.6 is 11.6 Å². The van der Waals surface area contributed by atoms with Crippen molar-refractivity contribution in [3.05, 3.63) is 34.3 Å². The van der Waals surface area contributed by atoms with Gasteiger partial charge >= 0.3 is 5.97 Å². The highest BCUT2D eigenvalue weighted by atomic mass is 35.5. The van der Waals surface area contributed by atoms with Crippen molar-refractivity contribution >= 4 is 23.5 Å². The largest absolute Gasteiger partial charge is 0.481 e. The smallest absolute Gasteiger partial charge is 0.311 e. The lowest BCUT2D eigenvalue weighted by molar-refractivity contribution is -0.142. The summed E-state index contributed by atoms with van der Waals surface area (Å²) in [6.45, 7) is 2.32. The Morgan fingerprint density at radius 3 is 2.86 bits per heavy atom. The zero-order valence-corrected chi connectivity index (χ0v) is 12.5. The van der Waals surface area contributed by atoms with E-state index >= 15 is 0 Å². The molecule has 1 aromatic carbocycles. The van der Waals surface area contributed by atoms with E-state index in [0.717, 1.165) is 11.1 Å². The first-order valence-electron chi connectivity index (χ1n) is 6.82. The van der Waals surface area contributed by atoms with Gasteiger partial charge in [0.15, 0.2) is 0 Å². The number of benzene rings is 1. The van der Waals surface area contributed by atoms with E-state index in [1.54, 1.807) is 0 Å². The van der Waals surface area contributed by atoms with Crippen LogP contribution in [0.1, 0.15) is 17.5 Å². The molecule has 0 spiro atoms. The van der Waals surface area contributed by atoms with E-state index in [0.29, 0.717) is 17.9 Å². The molecule has 1 heterocycles. The zero-order valence-electron chi connectivity index (χ0n) is 11.8. The molecule has 2 rings (SSSR count). The molecule has 0 bridgehead atoms. The van der Waals surface area contributed by atoms with Crippen LogP contribution in [-0.4, -0.2) is 36.2 Å². The lowest BCUT2D eigenvalue weighted by atomic mass is 10.0. The van der Waals surface area contributed by atoms with Gasteiger partial charge in [0.25, 0.3) is 0 Å². The van der Waals surface area contributed by atoms with Gasteiger partial charge < -0.3 is 15.2 Å². The summed E-state index contributed by atoms with van der Waals surface area (Å²) < 4.78 is 5.11. The minimum absolute atomic E-state index is 0.147. The molecule has 2 N–H and O–H groups in total. The SMILES string of the molecule is Cc1ccc(CCC(=O)NC2COCC2C(=O)O)cc1Cl. The number of aryl methyl sites for hydroxylation is 2. The highest BCUT2D eigenvalue weighted by molar-refractivity contribution is 6.31. The van der Waals surface area contributed by atoms with Crippen molar-refractivity contribution < 1.29 is 19.4 Å². The van der Waals surface area contributed by atoms with Gasteiger partial charge in [0.1, 0.15) is 5.92 Å². The Morgan fingerprint density at radius 2 is 2.19 bits per heavy atom. The van der Waals surface area contributed by atoms with Crippen LogP contribution in [0, 0.1) is 12.8 Å². The van der Waals surface area contributed by atoms with Gasteiger partial charge in [-0.3, -0.25) is 9.59 Å². The van der Waals surface area contributed by atoms with E-state index < -0.39 is 17.9 Å². The second-order valence-electron chi connectivity index (χ2n) is 5.24. The van der Waals surface area contributed by atoms with Gasteiger partial charge in [-0.15, -0.1) is 0 Å². The van der Waals surface area contributed by atoms with Gasteiger partial charge in [0.05, 0.1) is 19.3 Å². The Kier molecular flexibility index (Phi) is 5.20. The third-order valence-corrected chi connectivity index (χ3v) is 4.03. The normalized spacial score (nSPS) is 21.2. The lowest BCUT2D eigenvalue weighted by Gasteiger charge is -2.15. The lowest BCUT2D eigenvalue weighted by Crippen LogP contribution is -2.42. The summed E-state index contributed by atoms with van der Waals surface area (Å²) in [5.41, 5.74) is 1.98. The first kappa shape index (κ1) is 15.8. The number of nitrogens with one attached hydrogen (secondary N) is 1. The van der Waals surface area contributed by atoms with E-state index in [9.17, 15) is 9.59 Å². The molecular weight excluding hydrogens is 294 g/mol. The van der Waals surface area contributed by atoms with E-state index in [-0.39, 0.29) is 19.1 Å². The molecule has 0 aromatic heterocycles. The third-order valence-electron chi connectivity index (χ3n) is 3.62. The average Bonchev–Trinajstić information content (AvgIpc) is 2.88. The maximum absolute atomic E-state index is 11.9. The summed E-state index contributed by atoms with van der Waals surface area (Å²) in [7, 11) is 0. The number of carbonyl (C=O) groups excluding carboxylic acids is 1. The van der Waals surface area contributed by atoms with E-state index in [4.69, 9.17) is 21.4 Å². The molecule has 2 unspecified atom stereocenters. The fourth-order valence-corrected chi connectivity index (χ4v) is 2.47. The molecule has 21 heavy (non-hydrogen) atoms. The average molecular weight is 312 g/mol. The fourth-order valence-electron chi connectivity index (χ4n) is 2.27. The molecule has 0 radical (unpaired) electrons. The molecule has 1 aliphatic heterocycles. The van der Waals surface area contributed by atoms with Gasteiger partial charge in [-0.25, -0.2) is 0 Å². The Morgan fingerprint density at radius 1 is 1.43 bits per heavy atom. The van der Waals surface area contributed by atoms with Gasteiger partial charge in [0, 0.05) is 11.4 Å². The molecule has 5 nitrogen and oxygen atoms in total. The Balaban J connectivity index is 1.84. The first-order valence-corrected chi connectivity index (χ1v) is 7.20. The van der Waals surface area contributed by atoms with Crippen molar-refractivity contribution in [2.45, 2.75) is 25.8 Å². The fraction of sp³-hybridized carbons (Fsp3) is 0.467. The maximum Gasteiger partial charge on any atom is 0.311 e. The van der Waals surface area contributed by atoms with Crippen molar-refractivity contribution in [3.63, 3.8) is 0 Å². The summed E-state index contributed by atoms with van der Waals surface area (Å²) in [6, 6.07) is 5.26. The molecule has 114 valence electrons. The minimum atomic E-state index is -0.942. The molecule has 1 aromatic rings. The molecule has 0 aliphatic carbocycles. The number of carbonyl (C=O) groups is 2. The maximum atomic E-state index is 11.9. The van der Waals surface area contributed by atoms with Crippen LogP contribution in [0.4, 0.5) is 0 Å². The standard InChI is InChI=1S/C15H18ClNO4/c1-9-2-3-10(6-12(9)16)4-5-14(18)17-13-8-21-7-11(13)15(19)20/h2-3,6,11,13H,4-5,7-8H2,1H3,(H,17,18)(H,19,20). The predicted octanol–water partition coefficient (Wildman–Crippen LogP) is 1.80. The summed E-state index contributed by atoms with van der Waals surface area (Å²) >= 11 is 6.04. The van der Waals surface area contributed by atoms with Crippen LogP contribution in [0.3, 0.4) is 0 Å². The van der Waals surface area contributed by atoms with Gasteiger partial charge in [-0.1, -0.05) is 23.7 Å². The highest BCUT2D eigenvalue weighted by Gasteiger charge is 2.34. The van der Waals surface area contributed by atoms with Crippen LogP contribution in [0.15, 0.2) is 18.2 Å². The number of rotatable bonds is 5. The number of halogens is 1. The Bertz CT molecular complexity index is 546. The number of carboxylic acid groups (broad SMARTS) is 1. The Labute approximate surface area is 128 Å². The number of carboxylic acids is 1. The summed E-state index contributed by atoms with van der Waals surface area (Å²) in [5.74, 6) is -1.78. The molecule has 0 saturated carbocycles. The van der Waals surface area contributed by atoms with Crippen molar-refractivity contribution in [2.75, 3.05) is 13.2 Å². The molecule has 2 atom stereocenters. The van der Waals surface area contributed by atoms with E-state index in [2.05, 4.69) is 5.32 Å². The number of hydrogen-bond acceptors (Lipinski definition) is 3. The number of hydrogen-bond donors (Lipinski definition) is 2. The molecule has 6 heteroatoms. The summed E-state index contributed by atoms with van der Waals surface area (Å²) in [4.78, 5) is 22.9. The van der Waals surface area contributed by atoms with E-state index in [1.165, 1.54) is 0 Å². The highest BCUT2D eigenvalue weighted by Crippen LogP contribution is 2.18. The molecular formula is C15H18ClNO4. The predicted molar refractivity (Wildman–Crippen MR) is 78.4 cm³/mol. The number of amides is 1. The van der Waals surface area contributed by atoms with E-state index in [1.807, 2.05) is 25.1 Å². The van der Waals surface area contributed by atoms with Crippen molar-refractivity contribution in [1.29, 1.82) is 0 Å². The van der Waals surface area contributed by atoms with Gasteiger partial charge in [-0.05, 0) is 30.5 Å². The monoisotopic (exact) mass is 311 g/mol. The van der Waals surface area contributed by atoms with Gasteiger partial charge in [0.2, 0.25) is 5.91 Å². The minimum Gasteiger partial charge on any atom is -0.481 e. The third kappa shape index (κ3) is 4.19. The van der Waals surface area contributed by atoms with Crippen molar-refractivity contribution in [3.8, 4) is 0 Å². The van der Waals surface area contributed by atoms with Gasteiger partial charge in [-0.2, -0.15) is 0 Å². The summed E-state index contributed by atoms with van der Waals surface area (Å²) in [5, 5.41) is 12.4. The molecule has 1 saturated heterocycles. The van der Waals surface area contributed by atoms with Crippen molar-refractivity contribution in [2.24, 2.45) is 5.92 Å². The van der Waals surface area contributed by atoms with Crippen molar-refractivity contribution in [1.82, 2.24) is 5.32 Å². The number of ether oxygens (including phenoxy) is 1. The van der Waals surface area contributed by atoms with Crippen LogP contribution in [-0.2, 0) is 20.7 Å². The summed E-state index contributed by atoms with van der Waals surface area (Å²) in [6.07, 6.45) is 0.860. The van der Waals surface area contributed by atoms with Crippen LogP contribution in [0.25, 0.3) is 0 Å². The second-order valence-corrected chi connectivity index (χ2v) is 5.65. The quantitative estimate of drug-likeness (QED) is 0.869. The number of aliphatic carboxylic acids is 1. The molecule has 1 aliphatic rings. The molecule has 1 fully saturated rings. The Hall–Kier alpha value is -1.59.